The molecule has 0 bridgehead atoms. The second kappa shape index (κ2) is 11.3. The maximum absolute atomic E-state index is 13.0. The van der Waals surface area contributed by atoms with E-state index in [4.69, 9.17) is 10.00 Å². The molecule has 0 aliphatic heterocycles. The fraction of sp³-hybridized carbons (Fsp3) is 0.385. The number of ether oxygens (including phenoxy) is 1. The molecular weight excluding hydrogens is 434 g/mol. The smallest absolute Gasteiger partial charge is 0.407 e. The number of fused-ring (bicyclic) bond motifs is 3. The standard InChI is InChI=1S/C26H29N3O5/c1-3-23(25(31)32)29(2)24(30)22(14-8-9-15-27)28-26(33)34-16-21-19-12-6-4-10-17(19)18-11-5-7-13-20(18)21/h4-7,10-13,21-23H,3,8-9,14,16H2,1-2H3,(H,28,33)(H,31,32). The molecule has 2 atom stereocenters. The number of hydrogen-bond acceptors (Lipinski definition) is 5. The Morgan fingerprint density at radius 3 is 2.24 bits per heavy atom. The van der Waals surface area contributed by atoms with Crippen LogP contribution in [-0.4, -0.2) is 53.7 Å². The lowest BCUT2D eigenvalue weighted by molar-refractivity contribution is -0.150. The Morgan fingerprint density at radius 2 is 1.71 bits per heavy atom. The van der Waals surface area contributed by atoms with Gasteiger partial charge in [-0.05, 0) is 41.5 Å². The molecule has 2 unspecified atom stereocenters. The molecule has 178 valence electrons. The van der Waals surface area contributed by atoms with Crippen LogP contribution in [0, 0.1) is 11.3 Å². The highest BCUT2D eigenvalue weighted by Crippen LogP contribution is 2.44. The van der Waals surface area contributed by atoms with E-state index in [-0.39, 0.29) is 31.8 Å². The third-order valence-corrected chi connectivity index (χ3v) is 6.20. The average molecular weight is 464 g/mol. The number of nitrogens with zero attached hydrogens (tertiary/aromatic N) is 2. The number of alkyl carbamates (subject to hydrolysis) is 1. The third kappa shape index (κ3) is 5.37. The Balaban J connectivity index is 1.69. The zero-order valence-corrected chi connectivity index (χ0v) is 19.4. The van der Waals surface area contributed by atoms with E-state index in [0.29, 0.717) is 6.42 Å². The molecule has 8 nitrogen and oxygen atoms in total. The predicted molar refractivity (Wildman–Crippen MR) is 126 cm³/mol. The normalized spacial score (nSPS) is 13.7. The number of hydrogen-bond donors (Lipinski definition) is 2. The summed E-state index contributed by atoms with van der Waals surface area (Å²) >= 11 is 0. The van der Waals surface area contributed by atoms with Crippen molar-refractivity contribution in [2.24, 2.45) is 0 Å². The number of carbonyl (C=O) groups excluding carboxylic acids is 2. The predicted octanol–water partition coefficient (Wildman–Crippen LogP) is 3.91. The molecule has 2 amide bonds. The van der Waals surface area contributed by atoms with Gasteiger partial charge < -0.3 is 20.1 Å². The van der Waals surface area contributed by atoms with E-state index in [0.717, 1.165) is 27.2 Å². The fourth-order valence-corrected chi connectivity index (χ4v) is 4.44. The van der Waals surface area contributed by atoms with Gasteiger partial charge in [-0.3, -0.25) is 4.79 Å². The van der Waals surface area contributed by atoms with E-state index >= 15 is 0 Å². The van der Waals surface area contributed by atoms with Crippen LogP contribution in [0.15, 0.2) is 48.5 Å². The quantitative estimate of drug-likeness (QED) is 0.516. The van der Waals surface area contributed by atoms with E-state index < -0.39 is 30.1 Å². The first-order valence-corrected chi connectivity index (χ1v) is 11.4. The first kappa shape index (κ1) is 24.8. The van der Waals surface area contributed by atoms with Gasteiger partial charge in [-0.1, -0.05) is 55.5 Å². The highest BCUT2D eigenvalue weighted by atomic mass is 16.5. The van der Waals surface area contributed by atoms with Gasteiger partial charge in [-0.15, -0.1) is 0 Å². The van der Waals surface area contributed by atoms with Crippen molar-refractivity contribution in [2.45, 2.75) is 50.6 Å². The Morgan fingerprint density at radius 1 is 1.12 bits per heavy atom. The summed E-state index contributed by atoms with van der Waals surface area (Å²) in [6.45, 7) is 1.77. The number of amides is 2. The minimum atomic E-state index is -1.12. The first-order chi connectivity index (χ1) is 16.4. The van der Waals surface area contributed by atoms with Gasteiger partial charge in [-0.25, -0.2) is 9.59 Å². The SMILES string of the molecule is CCC(C(=O)O)N(C)C(=O)C(CCCC#N)NC(=O)OCC1c2ccccc2-c2ccccc21. The molecule has 34 heavy (non-hydrogen) atoms. The van der Waals surface area contributed by atoms with E-state index in [1.165, 1.54) is 7.05 Å². The van der Waals surface area contributed by atoms with Crippen LogP contribution in [0.4, 0.5) is 4.79 Å². The molecule has 0 radical (unpaired) electrons. The summed E-state index contributed by atoms with van der Waals surface area (Å²) in [4.78, 5) is 38.3. The average Bonchev–Trinajstić information content (AvgIpc) is 3.15. The van der Waals surface area contributed by atoms with Gasteiger partial charge in [-0.2, -0.15) is 5.26 Å². The van der Waals surface area contributed by atoms with Crippen LogP contribution < -0.4 is 5.32 Å². The van der Waals surface area contributed by atoms with Gasteiger partial charge in [0.2, 0.25) is 5.91 Å². The van der Waals surface area contributed by atoms with Crippen LogP contribution in [0.25, 0.3) is 11.1 Å². The lowest BCUT2D eigenvalue weighted by atomic mass is 9.98. The van der Waals surface area contributed by atoms with Crippen molar-refractivity contribution in [3.63, 3.8) is 0 Å². The van der Waals surface area contributed by atoms with Crippen LogP contribution in [0.2, 0.25) is 0 Å². The molecule has 0 saturated carbocycles. The zero-order chi connectivity index (χ0) is 24.7. The van der Waals surface area contributed by atoms with E-state index in [1.807, 2.05) is 54.6 Å². The third-order valence-electron chi connectivity index (χ3n) is 6.20. The largest absolute Gasteiger partial charge is 0.480 e. The molecule has 0 aromatic heterocycles. The highest BCUT2D eigenvalue weighted by Gasteiger charge is 2.32. The Labute approximate surface area is 199 Å². The van der Waals surface area contributed by atoms with Gasteiger partial charge in [0.15, 0.2) is 0 Å². The van der Waals surface area contributed by atoms with Crippen LogP contribution in [0.1, 0.15) is 49.7 Å². The number of carbonyl (C=O) groups is 3. The summed E-state index contributed by atoms with van der Waals surface area (Å²) < 4.78 is 5.54. The Kier molecular flexibility index (Phi) is 8.25. The number of carboxylic acid groups (broad SMARTS) is 1. The van der Waals surface area contributed by atoms with Gasteiger partial charge in [0.05, 0.1) is 6.07 Å². The highest BCUT2D eigenvalue weighted by molar-refractivity contribution is 5.89. The van der Waals surface area contributed by atoms with Crippen molar-refractivity contribution < 1.29 is 24.2 Å². The first-order valence-electron chi connectivity index (χ1n) is 11.4. The van der Waals surface area contributed by atoms with Gasteiger partial charge in [0.25, 0.3) is 0 Å². The number of aliphatic carboxylic acids is 1. The summed E-state index contributed by atoms with van der Waals surface area (Å²) in [5, 5.41) is 20.8. The number of nitriles is 1. The Bertz CT molecular complexity index is 1050. The molecule has 0 fully saturated rings. The maximum atomic E-state index is 13.0. The van der Waals surface area contributed by atoms with Crippen molar-refractivity contribution in [1.82, 2.24) is 10.2 Å². The number of nitrogens with one attached hydrogen (secondary N) is 1. The van der Waals surface area contributed by atoms with E-state index in [2.05, 4.69) is 5.32 Å². The van der Waals surface area contributed by atoms with Crippen molar-refractivity contribution in [1.29, 1.82) is 5.26 Å². The minimum absolute atomic E-state index is 0.0987. The maximum Gasteiger partial charge on any atom is 0.407 e. The van der Waals surface area contributed by atoms with Crippen molar-refractivity contribution in [3.8, 4) is 17.2 Å². The summed E-state index contributed by atoms with van der Waals surface area (Å²) in [5.74, 6) is -1.76. The van der Waals surface area contributed by atoms with Crippen molar-refractivity contribution in [3.05, 3.63) is 59.7 Å². The summed E-state index contributed by atoms with van der Waals surface area (Å²) in [7, 11) is 1.40. The van der Waals surface area contributed by atoms with Crippen LogP contribution in [0.3, 0.4) is 0 Å². The van der Waals surface area contributed by atoms with Crippen LogP contribution in [-0.2, 0) is 14.3 Å². The number of unbranched alkanes of at least 4 members (excludes halogenated alkanes) is 1. The molecule has 3 rings (SSSR count). The topological polar surface area (TPSA) is 120 Å². The van der Waals surface area contributed by atoms with E-state index in [1.54, 1.807) is 6.92 Å². The van der Waals surface area contributed by atoms with E-state index in [9.17, 15) is 19.5 Å². The number of benzene rings is 2. The summed E-state index contributed by atoms with van der Waals surface area (Å²) in [6.07, 6.45) is 0.281. The molecule has 0 saturated heterocycles. The molecule has 8 heteroatoms. The van der Waals surface area contributed by atoms with Crippen molar-refractivity contribution >= 4 is 18.0 Å². The monoisotopic (exact) mass is 463 g/mol. The fourth-order valence-electron chi connectivity index (χ4n) is 4.44. The van der Waals surface area contributed by atoms with Gasteiger partial charge >= 0.3 is 12.1 Å². The summed E-state index contributed by atoms with van der Waals surface area (Å²) in [6, 6.07) is 16.0. The number of carboxylic acids is 1. The van der Waals surface area contributed by atoms with Crippen LogP contribution >= 0.6 is 0 Å². The lowest BCUT2D eigenvalue weighted by Crippen LogP contribution is -2.52. The summed E-state index contributed by atoms with van der Waals surface area (Å²) in [5.41, 5.74) is 4.37. The number of rotatable bonds is 10. The molecule has 2 N–H and O–H groups in total. The second-order valence-corrected chi connectivity index (χ2v) is 8.28. The molecule has 2 aromatic rings. The zero-order valence-electron chi connectivity index (χ0n) is 19.4. The molecule has 0 heterocycles. The number of likely N-dealkylation sites (N-methyl/N-ethyl adjacent to an activating group) is 1. The Hall–Kier alpha value is -3.86. The molecular formula is C26H29N3O5. The second-order valence-electron chi connectivity index (χ2n) is 8.28. The molecule has 1 aliphatic carbocycles. The van der Waals surface area contributed by atoms with Crippen LogP contribution in [0.5, 0.6) is 0 Å². The minimum Gasteiger partial charge on any atom is -0.480 e. The molecule has 2 aromatic carbocycles. The molecule has 0 spiro atoms. The molecule has 1 aliphatic rings. The van der Waals surface area contributed by atoms with Gasteiger partial charge in [0, 0.05) is 19.4 Å². The van der Waals surface area contributed by atoms with Crippen molar-refractivity contribution in [2.75, 3.05) is 13.7 Å². The lowest BCUT2D eigenvalue weighted by Gasteiger charge is -2.28. The van der Waals surface area contributed by atoms with Gasteiger partial charge in [0.1, 0.15) is 18.7 Å².